The fraction of sp³-hybridized carbons (Fsp3) is 0.500. The third-order valence-electron chi connectivity index (χ3n) is 5.73. The normalized spacial score (nSPS) is 18.8. The molecule has 2 rings (SSSR count). The summed E-state index contributed by atoms with van der Waals surface area (Å²) in [6.07, 6.45) is -2.43. The Morgan fingerprint density at radius 1 is 1.28 bits per heavy atom. The second-order valence-electron chi connectivity index (χ2n) is 8.62. The van der Waals surface area contributed by atoms with Crippen molar-refractivity contribution in [2.45, 2.75) is 63.7 Å². The van der Waals surface area contributed by atoms with Crippen molar-refractivity contribution < 1.29 is 40.7 Å². The Morgan fingerprint density at radius 3 is 2.44 bits per heavy atom. The summed E-state index contributed by atoms with van der Waals surface area (Å²) in [7, 11) is -4.71. The molecule has 1 aliphatic rings. The van der Waals surface area contributed by atoms with Crippen LogP contribution in [0.25, 0.3) is 0 Å². The van der Waals surface area contributed by atoms with Gasteiger partial charge in [-0.2, -0.15) is 13.2 Å². The molecule has 2 unspecified atom stereocenters. The second kappa shape index (κ2) is 11.2. The maximum atomic E-state index is 13.0. The maximum Gasteiger partial charge on any atom is 0.422 e. The first-order valence-corrected chi connectivity index (χ1v) is 12.5. The molecule has 36 heavy (non-hydrogen) atoms. The highest BCUT2D eigenvalue weighted by atomic mass is 32.2. The zero-order chi connectivity index (χ0) is 27.3. The molecule has 0 spiro atoms. The van der Waals surface area contributed by atoms with Gasteiger partial charge in [-0.3, -0.25) is 9.59 Å². The highest BCUT2D eigenvalue weighted by Crippen LogP contribution is 2.43. The summed E-state index contributed by atoms with van der Waals surface area (Å²) in [6.45, 7) is 4.91. The Morgan fingerprint density at radius 2 is 1.94 bits per heavy atom. The molecule has 1 aromatic rings. The molecule has 4 amide bonds. The quantitative estimate of drug-likeness (QED) is 0.322. The van der Waals surface area contributed by atoms with E-state index in [9.17, 15) is 36.0 Å². The molecule has 0 aliphatic carbocycles. The number of rotatable bonds is 11. The minimum atomic E-state index is -4.75. The SMILES string of the molecule is CCC1(CC(NC=O)c2ccc(OCC(F)(F)F)c(S(=O)(=O)NC(=O)NC(C)C)c2)C(=O)NC=C1C. The van der Waals surface area contributed by atoms with Gasteiger partial charge in [0.2, 0.25) is 12.3 Å². The van der Waals surface area contributed by atoms with E-state index in [0.717, 1.165) is 12.1 Å². The summed E-state index contributed by atoms with van der Waals surface area (Å²) in [5.41, 5.74) is -0.121. The number of amides is 4. The summed E-state index contributed by atoms with van der Waals surface area (Å²) in [5, 5.41) is 7.49. The van der Waals surface area contributed by atoms with Crippen molar-refractivity contribution >= 4 is 28.4 Å². The topological polar surface area (TPSA) is 143 Å². The van der Waals surface area contributed by atoms with E-state index in [-0.39, 0.29) is 17.9 Å². The van der Waals surface area contributed by atoms with Crippen molar-refractivity contribution in [2.24, 2.45) is 5.41 Å². The van der Waals surface area contributed by atoms with E-state index >= 15 is 0 Å². The molecule has 1 aromatic carbocycles. The predicted molar refractivity (Wildman–Crippen MR) is 123 cm³/mol. The first-order valence-electron chi connectivity index (χ1n) is 11.0. The molecule has 200 valence electrons. The molecule has 4 N–H and O–H groups in total. The molecule has 2 atom stereocenters. The van der Waals surface area contributed by atoms with Crippen LogP contribution < -0.4 is 25.4 Å². The minimum Gasteiger partial charge on any atom is -0.483 e. The number of halogens is 3. The lowest BCUT2D eigenvalue weighted by atomic mass is 9.73. The Balaban J connectivity index is 2.55. The third-order valence-corrected chi connectivity index (χ3v) is 7.08. The second-order valence-corrected chi connectivity index (χ2v) is 10.3. The van der Waals surface area contributed by atoms with Crippen LogP contribution in [0.3, 0.4) is 0 Å². The first kappa shape index (κ1) is 28.9. The Labute approximate surface area is 207 Å². The number of carbonyl (C=O) groups excluding carboxylic acids is 3. The molecule has 0 radical (unpaired) electrons. The number of nitrogens with one attached hydrogen (secondary N) is 4. The van der Waals surface area contributed by atoms with Gasteiger partial charge in [0.1, 0.15) is 10.6 Å². The van der Waals surface area contributed by atoms with Crippen LogP contribution in [0.4, 0.5) is 18.0 Å². The zero-order valence-electron chi connectivity index (χ0n) is 20.2. The molecule has 0 saturated carbocycles. The van der Waals surface area contributed by atoms with Gasteiger partial charge in [-0.05, 0) is 56.9 Å². The van der Waals surface area contributed by atoms with Crippen LogP contribution in [0.1, 0.15) is 52.1 Å². The van der Waals surface area contributed by atoms with Gasteiger partial charge in [0, 0.05) is 12.2 Å². The van der Waals surface area contributed by atoms with E-state index in [2.05, 4.69) is 16.0 Å². The van der Waals surface area contributed by atoms with E-state index in [4.69, 9.17) is 4.74 Å². The number of benzene rings is 1. The van der Waals surface area contributed by atoms with Crippen molar-refractivity contribution in [3.05, 3.63) is 35.5 Å². The van der Waals surface area contributed by atoms with Crippen LogP contribution in [-0.2, 0) is 19.6 Å². The van der Waals surface area contributed by atoms with Gasteiger partial charge in [0.05, 0.1) is 11.5 Å². The van der Waals surface area contributed by atoms with E-state index in [1.165, 1.54) is 6.07 Å². The number of hydrogen-bond acceptors (Lipinski definition) is 6. The number of carbonyl (C=O) groups is 3. The fourth-order valence-corrected chi connectivity index (χ4v) is 4.97. The molecule has 1 aliphatic heterocycles. The lowest BCUT2D eigenvalue weighted by Gasteiger charge is -2.31. The van der Waals surface area contributed by atoms with Gasteiger partial charge in [-0.25, -0.2) is 17.9 Å². The number of ether oxygens (including phenoxy) is 1. The number of alkyl halides is 3. The average molecular weight is 535 g/mol. The number of hydrogen-bond donors (Lipinski definition) is 4. The standard InChI is InChI=1S/C22H29F3N4O6S/c1-5-21(14(4)10-26-19(21)31)9-16(27-12-30)15-6-7-17(35-11-22(23,24)25)18(8-15)36(33,34)29-20(32)28-13(2)3/h6-8,10,12-13,16H,5,9,11H2,1-4H3,(H,26,31)(H,27,30)(H2,28,29,32). The molecule has 0 saturated heterocycles. The lowest BCUT2D eigenvalue weighted by molar-refractivity contribution is -0.153. The van der Waals surface area contributed by atoms with Crippen LogP contribution in [0.15, 0.2) is 34.9 Å². The third kappa shape index (κ3) is 6.89. The van der Waals surface area contributed by atoms with Gasteiger partial charge in [0.15, 0.2) is 6.61 Å². The maximum absolute atomic E-state index is 13.0. The smallest absolute Gasteiger partial charge is 0.422 e. The van der Waals surface area contributed by atoms with Crippen LogP contribution in [-0.4, -0.2) is 45.6 Å². The van der Waals surface area contributed by atoms with Crippen molar-refractivity contribution in [3.8, 4) is 5.75 Å². The Bertz CT molecular complexity index is 1140. The molecular weight excluding hydrogens is 505 g/mol. The fourth-order valence-electron chi connectivity index (χ4n) is 3.87. The molecule has 0 fully saturated rings. The highest BCUT2D eigenvalue weighted by Gasteiger charge is 2.44. The first-order chi connectivity index (χ1) is 16.6. The van der Waals surface area contributed by atoms with E-state index in [0.29, 0.717) is 18.4 Å². The molecular formula is C22H29F3N4O6S. The highest BCUT2D eigenvalue weighted by molar-refractivity contribution is 7.90. The number of urea groups is 1. The largest absolute Gasteiger partial charge is 0.483 e. The number of sulfonamides is 1. The summed E-state index contributed by atoms with van der Waals surface area (Å²) in [4.78, 5) is 35.3. The van der Waals surface area contributed by atoms with Crippen LogP contribution in [0.5, 0.6) is 5.75 Å². The van der Waals surface area contributed by atoms with Gasteiger partial charge >= 0.3 is 12.2 Å². The summed E-state index contributed by atoms with van der Waals surface area (Å²) < 4.78 is 70.7. The van der Waals surface area contributed by atoms with E-state index < -0.39 is 57.0 Å². The van der Waals surface area contributed by atoms with Crippen LogP contribution in [0.2, 0.25) is 0 Å². The lowest BCUT2D eigenvalue weighted by Crippen LogP contribution is -2.42. The summed E-state index contributed by atoms with van der Waals surface area (Å²) in [5.74, 6) is -0.948. The van der Waals surface area contributed by atoms with E-state index in [1.54, 1.807) is 38.6 Å². The molecule has 1 heterocycles. The summed E-state index contributed by atoms with van der Waals surface area (Å²) in [6, 6.07) is 0.888. The molecule has 0 aromatic heterocycles. The minimum absolute atomic E-state index is 0.0416. The van der Waals surface area contributed by atoms with E-state index in [1.807, 2.05) is 0 Å². The summed E-state index contributed by atoms with van der Waals surface area (Å²) >= 11 is 0. The monoisotopic (exact) mass is 534 g/mol. The van der Waals surface area contributed by atoms with Crippen LogP contribution >= 0.6 is 0 Å². The van der Waals surface area contributed by atoms with Gasteiger partial charge in [0.25, 0.3) is 10.0 Å². The van der Waals surface area contributed by atoms with Crippen molar-refractivity contribution in [3.63, 3.8) is 0 Å². The van der Waals surface area contributed by atoms with Crippen molar-refractivity contribution in [2.75, 3.05) is 6.61 Å². The van der Waals surface area contributed by atoms with Gasteiger partial charge in [-0.15, -0.1) is 0 Å². The average Bonchev–Trinajstić information content (AvgIpc) is 3.04. The van der Waals surface area contributed by atoms with Gasteiger partial charge < -0.3 is 20.7 Å². The molecule has 10 nitrogen and oxygen atoms in total. The predicted octanol–water partition coefficient (Wildman–Crippen LogP) is 2.63. The van der Waals surface area contributed by atoms with Gasteiger partial charge in [-0.1, -0.05) is 13.0 Å². The Hall–Kier alpha value is -3.29. The van der Waals surface area contributed by atoms with Crippen molar-refractivity contribution in [1.29, 1.82) is 0 Å². The van der Waals surface area contributed by atoms with Crippen molar-refractivity contribution in [1.82, 2.24) is 20.7 Å². The zero-order valence-corrected chi connectivity index (χ0v) is 21.0. The van der Waals surface area contributed by atoms with Crippen LogP contribution in [0, 0.1) is 5.41 Å². The Kier molecular flexibility index (Phi) is 8.99. The molecule has 14 heteroatoms. The molecule has 0 bridgehead atoms.